The van der Waals surface area contributed by atoms with Gasteiger partial charge < -0.3 is 9.64 Å². The van der Waals surface area contributed by atoms with Gasteiger partial charge in [-0.2, -0.15) is 0 Å². The molecule has 2 saturated heterocycles. The predicted octanol–water partition coefficient (Wildman–Crippen LogP) is 1.59. The van der Waals surface area contributed by atoms with Gasteiger partial charge in [0.25, 0.3) is 0 Å². The first-order chi connectivity index (χ1) is 11.4. The molecule has 2 heterocycles. The quantitative estimate of drug-likeness (QED) is 0.808. The van der Waals surface area contributed by atoms with E-state index in [1.807, 2.05) is 38.1 Å². The van der Waals surface area contributed by atoms with Crippen molar-refractivity contribution in [2.24, 2.45) is 5.92 Å². The molecular weight excluding hydrogens is 326 g/mol. The van der Waals surface area contributed by atoms with Crippen LogP contribution in [0, 0.1) is 12.8 Å². The number of benzene rings is 1. The number of sulfone groups is 1. The lowest BCUT2D eigenvalue weighted by molar-refractivity contribution is -0.137. The fraction of sp³-hybridized carbons (Fsp3) is 0.611. The van der Waals surface area contributed by atoms with Crippen LogP contribution in [-0.4, -0.2) is 56.0 Å². The Hall–Kier alpha value is -1.40. The number of aryl methyl sites for hydroxylation is 1. The van der Waals surface area contributed by atoms with Crippen LogP contribution in [0.4, 0.5) is 0 Å². The van der Waals surface area contributed by atoms with E-state index in [0.29, 0.717) is 39.1 Å². The summed E-state index contributed by atoms with van der Waals surface area (Å²) in [6, 6.07) is 7.81. The standard InChI is InChI=1S/C18H25NO4S/c1-3-23-11-16-8-9-24(21,22)18(16)12-19(13-18)17(20)10-15-7-5-4-6-14(15)2/h4-7,16H,3,8-13H2,1-2H3. The van der Waals surface area contributed by atoms with E-state index in [9.17, 15) is 13.2 Å². The summed E-state index contributed by atoms with van der Waals surface area (Å²) in [7, 11) is -3.15. The molecule has 2 aliphatic rings. The Morgan fingerprint density at radius 3 is 2.71 bits per heavy atom. The van der Waals surface area contributed by atoms with E-state index < -0.39 is 14.6 Å². The van der Waals surface area contributed by atoms with Crippen LogP contribution in [0.5, 0.6) is 0 Å². The summed E-state index contributed by atoms with van der Waals surface area (Å²) in [6.45, 7) is 5.59. The second kappa shape index (κ2) is 6.48. The van der Waals surface area contributed by atoms with Gasteiger partial charge in [0.1, 0.15) is 4.75 Å². The van der Waals surface area contributed by atoms with Crippen LogP contribution in [0.1, 0.15) is 24.5 Å². The summed E-state index contributed by atoms with van der Waals surface area (Å²) < 4.78 is 29.8. The van der Waals surface area contributed by atoms with E-state index in [4.69, 9.17) is 4.74 Å². The molecular formula is C18H25NO4S. The number of hydrogen-bond donors (Lipinski definition) is 0. The van der Waals surface area contributed by atoms with Gasteiger partial charge in [-0.25, -0.2) is 8.42 Å². The van der Waals surface area contributed by atoms with E-state index in [-0.39, 0.29) is 17.6 Å². The Balaban J connectivity index is 1.68. The highest BCUT2D eigenvalue weighted by Gasteiger charge is 2.62. The Kier molecular flexibility index (Phi) is 4.71. The first kappa shape index (κ1) is 17.4. The third-order valence-electron chi connectivity index (χ3n) is 5.49. The van der Waals surface area contributed by atoms with Crippen molar-refractivity contribution in [2.75, 3.05) is 32.1 Å². The van der Waals surface area contributed by atoms with Gasteiger partial charge in [-0.1, -0.05) is 24.3 Å². The van der Waals surface area contributed by atoms with E-state index in [0.717, 1.165) is 11.1 Å². The van der Waals surface area contributed by atoms with E-state index in [2.05, 4.69) is 0 Å². The van der Waals surface area contributed by atoms with Gasteiger partial charge in [0.2, 0.25) is 5.91 Å². The van der Waals surface area contributed by atoms with Crippen molar-refractivity contribution in [3.05, 3.63) is 35.4 Å². The van der Waals surface area contributed by atoms with Gasteiger partial charge in [-0.3, -0.25) is 4.79 Å². The number of hydrogen-bond acceptors (Lipinski definition) is 4. The maximum absolute atomic E-state index is 12.5. The lowest BCUT2D eigenvalue weighted by Gasteiger charge is -2.50. The Morgan fingerprint density at radius 1 is 1.33 bits per heavy atom. The molecule has 6 heteroatoms. The van der Waals surface area contributed by atoms with E-state index in [1.54, 1.807) is 4.90 Å². The topological polar surface area (TPSA) is 63.7 Å². The summed E-state index contributed by atoms with van der Waals surface area (Å²) in [5, 5.41) is 0. The molecule has 132 valence electrons. The first-order valence-corrected chi connectivity index (χ1v) is 10.2. The molecule has 1 aromatic carbocycles. The highest BCUT2D eigenvalue weighted by atomic mass is 32.2. The first-order valence-electron chi connectivity index (χ1n) is 8.52. The summed E-state index contributed by atoms with van der Waals surface area (Å²) in [4.78, 5) is 14.2. The van der Waals surface area contributed by atoms with Gasteiger partial charge in [0.15, 0.2) is 9.84 Å². The second-order valence-corrected chi connectivity index (χ2v) is 9.33. The summed E-state index contributed by atoms with van der Waals surface area (Å²) in [6.07, 6.45) is 0.973. The molecule has 0 N–H and O–H groups in total. The number of rotatable bonds is 5. The van der Waals surface area contributed by atoms with Gasteiger partial charge >= 0.3 is 0 Å². The molecule has 1 atom stereocenters. The molecule has 0 radical (unpaired) electrons. The van der Waals surface area contributed by atoms with Crippen molar-refractivity contribution in [3.63, 3.8) is 0 Å². The van der Waals surface area contributed by atoms with Gasteiger partial charge in [0.05, 0.1) is 18.8 Å². The zero-order chi connectivity index (χ0) is 17.4. The molecule has 1 aromatic rings. The number of ether oxygens (including phenoxy) is 1. The van der Waals surface area contributed by atoms with E-state index >= 15 is 0 Å². The number of likely N-dealkylation sites (tertiary alicyclic amines) is 1. The maximum Gasteiger partial charge on any atom is 0.227 e. The highest BCUT2D eigenvalue weighted by Crippen LogP contribution is 2.45. The van der Waals surface area contributed by atoms with Gasteiger partial charge in [-0.15, -0.1) is 0 Å². The van der Waals surface area contributed by atoms with Crippen molar-refractivity contribution in [3.8, 4) is 0 Å². The average molecular weight is 351 g/mol. The third-order valence-corrected chi connectivity index (χ3v) is 8.10. The molecule has 3 rings (SSSR count). The van der Waals surface area contributed by atoms with Crippen LogP contribution in [0.2, 0.25) is 0 Å². The highest BCUT2D eigenvalue weighted by molar-refractivity contribution is 7.93. The fourth-order valence-electron chi connectivity index (χ4n) is 3.83. The van der Waals surface area contributed by atoms with Crippen molar-refractivity contribution in [1.82, 2.24) is 4.90 Å². The molecule has 5 nitrogen and oxygen atoms in total. The minimum Gasteiger partial charge on any atom is -0.381 e. The van der Waals surface area contributed by atoms with Crippen LogP contribution < -0.4 is 0 Å². The van der Waals surface area contributed by atoms with Crippen LogP contribution >= 0.6 is 0 Å². The molecule has 1 amide bonds. The maximum atomic E-state index is 12.5. The number of amides is 1. The van der Waals surface area contributed by atoms with Crippen LogP contribution in [0.15, 0.2) is 24.3 Å². The van der Waals surface area contributed by atoms with Crippen molar-refractivity contribution < 1.29 is 17.9 Å². The molecule has 24 heavy (non-hydrogen) atoms. The van der Waals surface area contributed by atoms with Crippen molar-refractivity contribution in [2.45, 2.75) is 31.4 Å². The van der Waals surface area contributed by atoms with Gasteiger partial charge in [0, 0.05) is 25.6 Å². The largest absolute Gasteiger partial charge is 0.381 e. The zero-order valence-corrected chi connectivity index (χ0v) is 15.1. The fourth-order valence-corrected chi connectivity index (χ4v) is 6.23. The Bertz CT molecular complexity index is 722. The summed E-state index contributed by atoms with van der Waals surface area (Å²) >= 11 is 0. The molecule has 0 aliphatic carbocycles. The number of nitrogens with zero attached hydrogens (tertiary/aromatic N) is 1. The molecule has 1 spiro atoms. The summed E-state index contributed by atoms with van der Waals surface area (Å²) in [5.41, 5.74) is 2.09. The lowest BCUT2D eigenvalue weighted by Crippen LogP contribution is -2.69. The molecule has 0 aromatic heterocycles. The lowest BCUT2D eigenvalue weighted by atomic mass is 9.83. The second-order valence-electron chi connectivity index (χ2n) is 6.88. The normalized spacial score (nSPS) is 24.1. The Morgan fingerprint density at radius 2 is 2.04 bits per heavy atom. The predicted molar refractivity (Wildman–Crippen MR) is 92.6 cm³/mol. The average Bonchev–Trinajstić information content (AvgIpc) is 2.76. The Labute approximate surface area is 143 Å². The SMILES string of the molecule is CCOCC1CCS(=O)(=O)C12CN(C(=O)Cc1ccccc1C)C2. The van der Waals surface area contributed by atoms with E-state index in [1.165, 1.54) is 0 Å². The third kappa shape index (κ3) is 2.86. The van der Waals surface area contributed by atoms with Crippen LogP contribution in [0.3, 0.4) is 0 Å². The molecule has 2 aliphatic heterocycles. The smallest absolute Gasteiger partial charge is 0.227 e. The zero-order valence-electron chi connectivity index (χ0n) is 14.3. The molecule has 0 bridgehead atoms. The van der Waals surface area contributed by atoms with Gasteiger partial charge in [-0.05, 0) is 31.4 Å². The minimum atomic E-state index is -3.15. The minimum absolute atomic E-state index is 0.00459. The van der Waals surface area contributed by atoms with Crippen LogP contribution in [-0.2, 0) is 25.8 Å². The van der Waals surface area contributed by atoms with Crippen LogP contribution in [0.25, 0.3) is 0 Å². The molecule has 0 saturated carbocycles. The number of carbonyl (C=O) groups is 1. The monoisotopic (exact) mass is 351 g/mol. The van der Waals surface area contributed by atoms with Crippen molar-refractivity contribution >= 4 is 15.7 Å². The molecule has 2 fully saturated rings. The summed E-state index contributed by atoms with van der Waals surface area (Å²) in [5.74, 6) is 0.224. The molecule has 1 unspecified atom stereocenters. The number of carbonyl (C=O) groups excluding carboxylic acids is 1. The van der Waals surface area contributed by atoms with Crippen molar-refractivity contribution in [1.29, 1.82) is 0 Å².